The number of benzene rings is 1. The molecule has 1 aromatic carbocycles. The van der Waals surface area contributed by atoms with Gasteiger partial charge in [0.25, 0.3) is 0 Å². The Morgan fingerprint density at radius 1 is 1.39 bits per heavy atom. The van der Waals surface area contributed by atoms with Gasteiger partial charge >= 0.3 is 5.97 Å². The third kappa shape index (κ3) is 1.91. The van der Waals surface area contributed by atoms with Gasteiger partial charge in [-0.2, -0.15) is 0 Å². The molecule has 0 saturated carbocycles. The molecule has 1 N–H and O–H groups in total. The van der Waals surface area contributed by atoms with Gasteiger partial charge in [-0.05, 0) is 11.6 Å². The van der Waals surface area contributed by atoms with E-state index in [1.54, 1.807) is 0 Å². The molecule has 18 heavy (non-hydrogen) atoms. The monoisotopic (exact) mass is 246 g/mol. The number of esters is 1. The van der Waals surface area contributed by atoms with Crippen LogP contribution in [0.3, 0.4) is 0 Å². The maximum Gasteiger partial charge on any atom is 0.338 e. The average Bonchev–Trinajstić information content (AvgIpc) is 2.30. The van der Waals surface area contributed by atoms with Crippen molar-refractivity contribution in [3.63, 3.8) is 0 Å². The largest absolute Gasteiger partial charge is 0.465 e. The van der Waals surface area contributed by atoms with Crippen LogP contribution in [0.2, 0.25) is 0 Å². The van der Waals surface area contributed by atoms with Crippen LogP contribution in [0.1, 0.15) is 15.9 Å². The summed E-state index contributed by atoms with van der Waals surface area (Å²) < 4.78 is 4.82. The maximum atomic E-state index is 11.7. The number of nitrogens with zero attached hydrogens (tertiary/aromatic N) is 1. The molecule has 3 rings (SSSR count). The third-order valence-corrected chi connectivity index (χ3v) is 3.93. The number of nitrogens with one attached hydrogen (secondary N) is 1. The molecule has 1 spiro atoms. The van der Waals surface area contributed by atoms with Crippen LogP contribution in [-0.2, 0) is 11.3 Å². The van der Waals surface area contributed by atoms with Crippen molar-refractivity contribution < 1.29 is 9.53 Å². The zero-order chi connectivity index (χ0) is 12.6. The molecule has 0 atom stereocenters. The van der Waals surface area contributed by atoms with Crippen molar-refractivity contribution in [2.24, 2.45) is 5.41 Å². The second kappa shape index (κ2) is 4.37. The van der Waals surface area contributed by atoms with Gasteiger partial charge in [0.05, 0.1) is 12.7 Å². The molecule has 1 aromatic rings. The summed E-state index contributed by atoms with van der Waals surface area (Å²) >= 11 is 0. The van der Waals surface area contributed by atoms with Crippen LogP contribution in [0.25, 0.3) is 0 Å². The van der Waals surface area contributed by atoms with Crippen molar-refractivity contribution in [3.05, 3.63) is 35.4 Å². The van der Waals surface area contributed by atoms with Gasteiger partial charge in [0.2, 0.25) is 0 Å². The van der Waals surface area contributed by atoms with Crippen LogP contribution in [0.4, 0.5) is 0 Å². The van der Waals surface area contributed by atoms with Crippen molar-refractivity contribution in [3.8, 4) is 0 Å². The van der Waals surface area contributed by atoms with E-state index in [1.807, 2.05) is 24.3 Å². The Kier molecular flexibility index (Phi) is 2.84. The maximum absolute atomic E-state index is 11.7. The van der Waals surface area contributed by atoms with E-state index in [9.17, 15) is 4.79 Å². The Morgan fingerprint density at radius 3 is 2.72 bits per heavy atom. The molecule has 0 unspecified atom stereocenters. The van der Waals surface area contributed by atoms with Crippen LogP contribution in [0, 0.1) is 5.41 Å². The van der Waals surface area contributed by atoms with Crippen LogP contribution < -0.4 is 5.32 Å². The van der Waals surface area contributed by atoms with Crippen LogP contribution in [0.5, 0.6) is 0 Å². The topological polar surface area (TPSA) is 41.6 Å². The first-order valence-electron chi connectivity index (χ1n) is 6.32. The summed E-state index contributed by atoms with van der Waals surface area (Å²) in [6.07, 6.45) is 0. The Bertz CT molecular complexity index is 461. The van der Waals surface area contributed by atoms with Gasteiger partial charge < -0.3 is 10.1 Å². The summed E-state index contributed by atoms with van der Waals surface area (Å²) in [5.74, 6) is -0.244. The number of methoxy groups -OCH3 is 1. The molecule has 0 bridgehead atoms. The summed E-state index contributed by atoms with van der Waals surface area (Å²) in [5.41, 5.74) is 2.28. The second-order valence-electron chi connectivity index (χ2n) is 5.40. The molecule has 2 heterocycles. The van der Waals surface area contributed by atoms with Gasteiger partial charge in [-0.15, -0.1) is 0 Å². The lowest BCUT2D eigenvalue weighted by molar-refractivity contribution is -0.0445. The van der Waals surface area contributed by atoms with Crippen LogP contribution >= 0.6 is 0 Å². The summed E-state index contributed by atoms with van der Waals surface area (Å²) in [6, 6.07) is 7.70. The minimum absolute atomic E-state index is 0.244. The molecule has 0 aliphatic carbocycles. The zero-order valence-electron chi connectivity index (χ0n) is 10.6. The van der Waals surface area contributed by atoms with Gasteiger partial charge in [0.1, 0.15) is 0 Å². The van der Waals surface area contributed by atoms with Crippen molar-refractivity contribution in [1.29, 1.82) is 0 Å². The van der Waals surface area contributed by atoms with E-state index in [-0.39, 0.29) is 5.97 Å². The lowest BCUT2D eigenvalue weighted by atomic mass is 9.74. The highest BCUT2D eigenvalue weighted by Gasteiger charge is 2.47. The number of carbonyl (C=O) groups is 1. The first-order valence-corrected chi connectivity index (χ1v) is 6.32. The van der Waals surface area contributed by atoms with Crippen molar-refractivity contribution in [1.82, 2.24) is 10.2 Å². The molecular weight excluding hydrogens is 228 g/mol. The Labute approximate surface area is 107 Å². The molecule has 96 valence electrons. The van der Waals surface area contributed by atoms with E-state index >= 15 is 0 Å². The van der Waals surface area contributed by atoms with E-state index in [1.165, 1.54) is 7.11 Å². The molecule has 4 nitrogen and oxygen atoms in total. The fourth-order valence-corrected chi connectivity index (χ4v) is 2.92. The second-order valence-corrected chi connectivity index (χ2v) is 5.40. The van der Waals surface area contributed by atoms with Gasteiger partial charge in [-0.25, -0.2) is 4.79 Å². The molecule has 2 fully saturated rings. The van der Waals surface area contributed by atoms with Gasteiger partial charge in [0, 0.05) is 38.1 Å². The first-order chi connectivity index (χ1) is 8.72. The fourth-order valence-electron chi connectivity index (χ4n) is 2.92. The molecule has 0 aromatic heterocycles. The zero-order valence-corrected chi connectivity index (χ0v) is 10.6. The summed E-state index contributed by atoms with van der Waals surface area (Å²) in [4.78, 5) is 14.1. The first kappa shape index (κ1) is 11.7. The summed E-state index contributed by atoms with van der Waals surface area (Å²) in [5, 5.41) is 3.33. The van der Waals surface area contributed by atoms with Gasteiger partial charge in [0.15, 0.2) is 0 Å². The lowest BCUT2D eigenvalue weighted by Crippen LogP contribution is -2.70. The predicted octanol–water partition coefficient (Wildman–Crippen LogP) is 0.878. The van der Waals surface area contributed by atoms with Crippen molar-refractivity contribution >= 4 is 5.97 Å². The fraction of sp³-hybridized carbons (Fsp3) is 0.500. The molecule has 4 heteroatoms. The van der Waals surface area contributed by atoms with E-state index < -0.39 is 0 Å². The molecular formula is C14H18N2O2. The summed E-state index contributed by atoms with van der Waals surface area (Å²) in [7, 11) is 1.43. The molecule has 2 saturated heterocycles. The van der Waals surface area contributed by atoms with Crippen molar-refractivity contribution in [2.75, 3.05) is 33.3 Å². The predicted molar refractivity (Wildman–Crippen MR) is 68.4 cm³/mol. The highest BCUT2D eigenvalue weighted by Crippen LogP contribution is 2.35. The standard InChI is InChI=1S/C14H18N2O2/c1-18-13(17)12-5-3-2-4-11(12)6-16-9-14(10-16)7-15-8-14/h2-5,15H,6-10H2,1H3. The molecule has 2 aliphatic heterocycles. The van der Waals surface area contributed by atoms with E-state index in [0.717, 1.165) is 38.3 Å². The Balaban J connectivity index is 1.67. The smallest absolute Gasteiger partial charge is 0.338 e. The minimum atomic E-state index is -0.244. The van der Waals surface area contributed by atoms with Crippen LogP contribution in [-0.4, -0.2) is 44.2 Å². The normalized spacial score (nSPS) is 21.2. The van der Waals surface area contributed by atoms with Crippen LogP contribution in [0.15, 0.2) is 24.3 Å². The third-order valence-electron chi connectivity index (χ3n) is 3.93. The van der Waals surface area contributed by atoms with E-state index in [2.05, 4.69) is 10.2 Å². The van der Waals surface area contributed by atoms with Crippen molar-refractivity contribution in [2.45, 2.75) is 6.54 Å². The number of carbonyl (C=O) groups excluding carboxylic acids is 1. The molecule has 0 amide bonds. The van der Waals surface area contributed by atoms with Gasteiger partial charge in [-0.1, -0.05) is 18.2 Å². The average molecular weight is 246 g/mol. The molecule has 2 aliphatic rings. The Morgan fingerprint density at radius 2 is 2.11 bits per heavy atom. The molecule has 0 radical (unpaired) electrons. The number of rotatable bonds is 3. The summed E-state index contributed by atoms with van der Waals surface area (Å²) in [6.45, 7) is 5.39. The highest BCUT2D eigenvalue weighted by molar-refractivity contribution is 5.90. The van der Waals surface area contributed by atoms with E-state index in [0.29, 0.717) is 11.0 Å². The number of hydrogen-bond donors (Lipinski definition) is 1. The minimum Gasteiger partial charge on any atom is -0.465 e. The number of ether oxygens (including phenoxy) is 1. The lowest BCUT2D eigenvalue weighted by Gasteiger charge is -2.56. The Hall–Kier alpha value is -1.39. The SMILES string of the molecule is COC(=O)c1ccccc1CN1CC2(CNC2)C1. The quantitative estimate of drug-likeness (QED) is 0.804. The number of likely N-dealkylation sites (tertiary alicyclic amines) is 1. The number of hydrogen-bond acceptors (Lipinski definition) is 4. The highest BCUT2D eigenvalue weighted by atomic mass is 16.5. The van der Waals surface area contributed by atoms with Gasteiger partial charge in [-0.3, -0.25) is 4.90 Å². The van der Waals surface area contributed by atoms with E-state index in [4.69, 9.17) is 4.74 Å².